The number of nitrogen functional groups attached to an aromatic ring is 1. The van der Waals surface area contributed by atoms with E-state index >= 15 is 0 Å². The zero-order valence-corrected chi connectivity index (χ0v) is 9.97. The van der Waals surface area contributed by atoms with Gasteiger partial charge in [-0.3, -0.25) is 0 Å². The predicted molar refractivity (Wildman–Crippen MR) is 66.1 cm³/mol. The molecule has 2 rings (SSSR count). The Balaban J connectivity index is 2.40. The van der Waals surface area contributed by atoms with Gasteiger partial charge in [-0.15, -0.1) is 0 Å². The normalized spacial score (nSPS) is 10.1. The summed E-state index contributed by atoms with van der Waals surface area (Å²) in [7, 11) is 0. The van der Waals surface area contributed by atoms with Crippen LogP contribution in [0.2, 0.25) is 0 Å². The van der Waals surface area contributed by atoms with E-state index in [2.05, 4.69) is 0 Å². The highest BCUT2D eigenvalue weighted by Crippen LogP contribution is 2.33. The maximum absolute atomic E-state index is 13.5. The summed E-state index contributed by atoms with van der Waals surface area (Å²) in [5.74, 6) is -1.05. The molecular weight excluding hydrogens is 254 g/mol. The highest BCUT2D eigenvalue weighted by atomic mass is 32.2. The van der Waals surface area contributed by atoms with Crippen molar-refractivity contribution in [3.8, 4) is 6.07 Å². The van der Waals surface area contributed by atoms with Gasteiger partial charge >= 0.3 is 0 Å². The summed E-state index contributed by atoms with van der Waals surface area (Å²) in [5.41, 5.74) is 6.35. The van der Waals surface area contributed by atoms with Crippen LogP contribution in [0, 0.1) is 23.0 Å². The van der Waals surface area contributed by atoms with E-state index in [0.717, 1.165) is 30.0 Å². The van der Waals surface area contributed by atoms with E-state index in [4.69, 9.17) is 11.0 Å². The quantitative estimate of drug-likeness (QED) is 0.842. The Morgan fingerprint density at radius 2 is 1.83 bits per heavy atom. The van der Waals surface area contributed by atoms with Gasteiger partial charge in [0.05, 0.1) is 10.5 Å². The lowest BCUT2D eigenvalue weighted by molar-refractivity contribution is 0.577. The maximum atomic E-state index is 13.5. The first-order valence-electron chi connectivity index (χ1n) is 5.02. The van der Waals surface area contributed by atoms with Gasteiger partial charge in [-0.05, 0) is 36.4 Å². The van der Waals surface area contributed by atoms with Gasteiger partial charge in [0.15, 0.2) is 0 Å². The number of benzene rings is 2. The Bertz CT molecular complexity index is 635. The lowest BCUT2D eigenvalue weighted by Gasteiger charge is -2.06. The van der Waals surface area contributed by atoms with Gasteiger partial charge in [0.25, 0.3) is 0 Å². The molecule has 2 nitrogen and oxygen atoms in total. The van der Waals surface area contributed by atoms with E-state index in [1.807, 2.05) is 6.07 Å². The Hall–Kier alpha value is -2.06. The summed E-state index contributed by atoms with van der Waals surface area (Å²) >= 11 is 0.995. The van der Waals surface area contributed by atoms with Crippen LogP contribution in [0.5, 0.6) is 0 Å². The minimum atomic E-state index is -0.526. The average molecular weight is 262 g/mol. The minimum Gasteiger partial charge on any atom is -0.399 e. The Morgan fingerprint density at radius 1 is 1.06 bits per heavy atom. The van der Waals surface area contributed by atoms with Crippen molar-refractivity contribution in [2.45, 2.75) is 9.79 Å². The second-order valence-electron chi connectivity index (χ2n) is 3.54. The van der Waals surface area contributed by atoms with E-state index in [9.17, 15) is 8.78 Å². The zero-order valence-electron chi connectivity index (χ0n) is 9.15. The van der Waals surface area contributed by atoms with Crippen LogP contribution < -0.4 is 5.73 Å². The van der Waals surface area contributed by atoms with Gasteiger partial charge in [0.2, 0.25) is 0 Å². The molecular formula is C13H8F2N2S. The predicted octanol–water partition coefficient (Wildman–Crippen LogP) is 3.57. The van der Waals surface area contributed by atoms with E-state index < -0.39 is 11.6 Å². The molecule has 18 heavy (non-hydrogen) atoms. The first-order valence-corrected chi connectivity index (χ1v) is 5.84. The second kappa shape index (κ2) is 5.07. The minimum absolute atomic E-state index is 0.135. The van der Waals surface area contributed by atoms with Gasteiger partial charge in [-0.1, -0.05) is 11.8 Å². The number of nitrogens with two attached hydrogens (primary N) is 1. The highest BCUT2D eigenvalue weighted by molar-refractivity contribution is 7.99. The van der Waals surface area contributed by atoms with Crippen molar-refractivity contribution in [2.75, 3.05) is 5.73 Å². The molecule has 2 aromatic rings. The fourth-order valence-electron chi connectivity index (χ4n) is 1.40. The number of anilines is 1. The first kappa shape index (κ1) is 12.4. The van der Waals surface area contributed by atoms with Crippen molar-refractivity contribution in [3.05, 3.63) is 53.6 Å². The monoisotopic (exact) mass is 262 g/mol. The molecule has 0 aliphatic carbocycles. The average Bonchev–Trinajstić information content (AvgIpc) is 2.36. The van der Waals surface area contributed by atoms with Crippen LogP contribution in [0.1, 0.15) is 5.56 Å². The summed E-state index contributed by atoms with van der Waals surface area (Å²) in [6.45, 7) is 0. The molecule has 0 aliphatic heterocycles. The molecule has 0 bridgehead atoms. The van der Waals surface area contributed by atoms with E-state index in [1.165, 1.54) is 6.07 Å². The fraction of sp³-hybridized carbons (Fsp3) is 0. The van der Waals surface area contributed by atoms with Crippen LogP contribution in [-0.2, 0) is 0 Å². The van der Waals surface area contributed by atoms with Gasteiger partial charge in [-0.2, -0.15) is 5.26 Å². The highest BCUT2D eigenvalue weighted by Gasteiger charge is 2.09. The lowest BCUT2D eigenvalue weighted by Crippen LogP contribution is -1.89. The summed E-state index contributed by atoms with van der Waals surface area (Å²) < 4.78 is 26.5. The van der Waals surface area contributed by atoms with Crippen LogP contribution in [0.4, 0.5) is 14.5 Å². The molecule has 2 aromatic carbocycles. The Labute approximate surface area is 107 Å². The third-order valence-corrected chi connectivity index (χ3v) is 3.35. The van der Waals surface area contributed by atoms with Crippen molar-refractivity contribution in [1.29, 1.82) is 5.26 Å². The Morgan fingerprint density at radius 3 is 2.56 bits per heavy atom. The van der Waals surface area contributed by atoms with Crippen LogP contribution in [0.15, 0.2) is 46.2 Å². The molecule has 0 atom stereocenters. The molecule has 5 heteroatoms. The van der Waals surface area contributed by atoms with Crippen molar-refractivity contribution in [3.63, 3.8) is 0 Å². The molecule has 0 unspecified atom stereocenters. The fourth-order valence-corrected chi connectivity index (χ4v) is 2.32. The molecule has 0 spiro atoms. The smallest absolute Gasteiger partial charge is 0.137 e. The van der Waals surface area contributed by atoms with E-state index in [1.54, 1.807) is 12.1 Å². The van der Waals surface area contributed by atoms with E-state index in [0.29, 0.717) is 16.1 Å². The SMILES string of the molecule is N#Cc1cc(N)ccc1Sc1cc(F)ccc1F. The summed E-state index contributed by atoms with van der Waals surface area (Å²) in [4.78, 5) is 0.674. The number of rotatable bonds is 2. The second-order valence-corrected chi connectivity index (χ2v) is 4.63. The number of hydrogen-bond acceptors (Lipinski definition) is 3. The maximum Gasteiger partial charge on any atom is 0.137 e. The van der Waals surface area contributed by atoms with Crippen molar-refractivity contribution < 1.29 is 8.78 Å². The molecule has 0 radical (unpaired) electrons. The number of nitriles is 1. The number of halogens is 2. The van der Waals surface area contributed by atoms with Crippen LogP contribution in [-0.4, -0.2) is 0 Å². The lowest BCUT2D eigenvalue weighted by atomic mass is 10.2. The van der Waals surface area contributed by atoms with Crippen molar-refractivity contribution in [2.24, 2.45) is 0 Å². The molecule has 0 amide bonds. The van der Waals surface area contributed by atoms with Gasteiger partial charge in [-0.25, -0.2) is 8.78 Å². The molecule has 0 saturated carbocycles. The standard InChI is InChI=1S/C13H8F2N2S/c14-9-1-3-11(15)13(6-9)18-12-4-2-10(17)5-8(12)7-16/h1-6H,17H2. The third kappa shape index (κ3) is 2.60. The van der Waals surface area contributed by atoms with Crippen LogP contribution >= 0.6 is 11.8 Å². The molecule has 0 saturated heterocycles. The third-order valence-electron chi connectivity index (χ3n) is 2.24. The molecule has 0 aliphatic rings. The molecule has 0 fully saturated rings. The first-order chi connectivity index (χ1) is 8.60. The van der Waals surface area contributed by atoms with Crippen LogP contribution in [0.25, 0.3) is 0 Å². The number of hydrogen-bond donors (Lipinski definition) is 1. The van der Waals surface area contributed by atoms with Crippen molar-refractivity contribution in [1.82, 2.24) is 0 Å². The van der Waals surface area contributed by atoms with Crippen molar-refractivity contribution >= 4 is 17.4 Å². The summed E-state index contributed by atoms with van der Waals surface area (Å²) in [5, 5.41) is 8.96. The topological polar surface area (TPSA) is 49.8 Å². The molecule has 0 heterocycles. The van der Waals surface area contributed by atoms with Crippen LogP contribution in [0.3, 0.4) is 0 Å². The number of nitrogens with zero attached hydrogens (tertiary/aromatic N) is 1. The molecule has 0 aromatic heterocycles. The Kier molecular flexibility index (Phi) is 3.49. The largest absolute Gasteiger partial charge is 0.399 e. The van der Waals surface area contributed by atoms with E-state index in [-0.39, 0.29) is 4.90 Å². The molecule has 2 N–H and O–H groups in total. The summed E-state index contributed by atoms with van der Waals surface area (Å²) in [6, 6.07) is 9.90. The summed E-state index contributed by atoms with van der Waals surface area (Å²) in [6.07, 6.45) is 0. The van der Waals surface area contributed by atoms with Gasteiger partial charge in [0, 0.05) is 10.6 Å². The zero-order chi connectivity index (χ0) is 13.1. The van der Waals surface area contributed by atoms with Gasteiger partial charge < -0.3 is 5.73 Å². The van der Waals surface area contributed by atoms with Gasteiger partial charge in [0.1, 0.15) is 17.7 Å². The molecule has 90 valence electrons.